The number of hydrogen-bond acceptors (Lipinski definition) is 2. The lowest BCUT2D eigenvalue weighted by Crippen LogP contribution is -2.45. The molecule has 0 bridgehead atoms. The van der Waals surface area contributed by atoms with Gasteiger partial charge in [0.05, 0.1) is 0 Å². The number of nitrogens with one attached hydrogen (secondary N) is 1. The van der Waals surface area contributed by atoms with Gasteiger partial charge in [0.1, 0.15) is 5.41 Å². The van der Waals surface area contributed by atoms with E-state index >= 15 is 0 Å². The van der Waals surface area contributed by atoms with E-state index in [1.807, 2.05) is 29.2 Å². The van der Waals surface area contributed by atoms with Crippen molar-refractivity contribution in [1.82, 2.24) is 4.90 Å². The summed E-state index contributed by atoms with van der Waals surface area (Å²) in [5.41, 5.74) is -0.0771. The highest BCUT2D eigenvalue weighted by atomic mass is 79.9. The molecule has 0 unspecified atom stereocenters. The Morgan fingerprint density at radius 2 is 1.86 bits per heavy atom. The maximum absolute atomic E-state index is 12.6. The quantitative estimate of drug-likeness (QED) is 0.851. The normalized spacial score (nSPS) is 20.0. The minimum atomic E-state index is -0.806. The molecule has 21 heavy (non-hydrogen) atoms. The Kier molecular flexibility index (Phi) is 4.02. The smallest absolute Gasteiger partial charge is 0.240 e. The van der Waals surface area contributed by atoms with Gasteiger partial charge in [-0.15, -0.1) is 0 Å². The highest BCUT2D eigenvalue weighted by Crippen LogP contribution is 2.48. The topological polar surface area (TPSA) is 49.4 Å². The average molecular weight is 351 g/mol. The van der Waals surface area contributed by atoms with Crippen molar-refractivity contribution < 1.29 is 9.59 Å². The maximum Gasteiger partial charge on any atom is 0.240 e. The number of hydrogen-bond donors (Lipinski definition) is 1. The standard InChI is InChI=1S/C16H19BrN2O2/c17-12-5-4-6-13(11-12)18-14(20)16(7-8-16)15(21)19-9-2-1-3-10-19/h4-6,11H,1-3,7-10H2,(H,18,20). The van der Waals surface area contributed by atoms with Gasteiger partial charge in [-0.1, -0.05) is 22.0 Å². The van der Waals surface area contributed by atoms with Crippen molar-refractivity contribution in [2.45, 2.75) is 32.1 Å². The zero-order valence-corrected chi connectivity index (χ0v) is 13.5. The number of rotatable bonds is 3. The second kappa shape index (κ2) is 5.79. The fourth-order valence-electron chi connectivity index (χ4n) is 2.88. The maximum atomic E-state index is 12.6. The molecule has 3 rings (SSSR count). The van der Waals surface area contributed by atoms with E-state index in [1.165, 1.54) is 6.42 Å². The SMILES string of the molecule is O=C(Nc1cccc(Br)c1)C1(C(=O)N2CCCCC2)CC1. The number of anilines is 1. The predicted octanol–water partition coefficient (Wildman–Crippen LogP) is 3.18. The Balaban J connectivity index is 1.69. The van der Waals surface area contributed by atoms with E-state index in [0.29, 0.717) is 12.8 Å². The number of likely N-dealkylation sites (tertiary alicyclic amines) is 1. The molecule has 0 spiro atoms. The molecule has 4 nitrogen and oxygen atoms in total. The van der Waals surface area contributed by atoms with Crippen LogP contribution in [0.5, 0.6) is 0 Å². The Morgan fingerprint density at radius 1 is 1.14 bits per heavy atom. The largest absolute Gasteiger partial charge is 0.342 e. The number of piperidine rings is 1. The van der Waals surface area contributed by atoms with Gasteiger partial charge in [0.15, 0.2) is 0 Å². The fourth-order valence-corrected chi connectivity index (χ4v) is 3.28. The van der Waals surface area contributed by atoms with Crippen molar-refractivity contribution in [3.8, 4) is 0 Å². The van der Waals surface area contributed by atoms with Crippen LogP contribution in [0.2, 0.25) is 0 Å². The summed E-state index contributed by atoms with van der Waals surface area (Å²) in [7, 11) is 0. The molecule has 1 aromatic rings. The first kappa shape index (κ1) is 14.6. The Morgan fingerprint density at radius 3 is 2.48 bits per heavy atom. The van der Waals surface area contributed by atoms with Crippen molar-refractivity contribution in [3.63, 3.8) is 0 Å². The molecule has 1 aromatic carbocycles. The summed E-state index contributed by atoms with van der Waals surface area (Å²) in [4.78, 5) is 27.0. The number of halogens is 1. The lowest BCUT2D eigenvalue weighted by atomic mass is 10.0. The molecule has 2 fully saturated rings. The molecular formula is C16H19BrN2O2. The summed E-state index contributed by atoms with van der Waals surface area (Å²) in [6.45, 7) is 1.59. The lowest BCUT2D eigenvalue weighted by Gasteiger charge is -2.30. The number of benzene rings is 1. The van der Waals surface area contributed by atoms with Crippen LogP contribution >= 0.6 is 15.9 Å². The zero-order chi connectivity index (χ0) is 14.9. The molecule has 1 saturated carbocycles. The monoisotopic (exact) mass is 350 g/mol. The molecular weight excluding hydrogens is 332 g/mol. The Hall–Kier alpha value is -1.36. The van der Waals surface area contributed by atoms with Crippen molar-refractivity contribution >= 4 is 33.4 Å². The molecule has 0 atom stereocenters. The minimum absolute atomic E-state index is 0.0229. The van der Waals surface area contributed by atoms with Gasteiger partial charge in [-0.05, 0) is 50.3 Å². The van der Waals surface area contributed by atoms with Crippen molar-refractivity contribution in [2.24, 2.45) is 5.41 Å². The number of carbonyl (C=O) groups is 2. The van der Waals surface area contributed by atoms with Gasteiger partial charge in [0, 0.05) is 23.2 Å². The van der Waals surface area contributed by atoms with Crippen LogP contribution in [0.25, 0.3) is 0 Å². The first-order valence-electron chi connectivity index (χ1n) is 7.48. The molecule has 1 heterocycles. The van der Waals surface area contributed by atoms with Gasteiger partial charge < -0.3 is 10.2 Å². The third-order valence-corrected chi connectivity index (χ3v) is 4.81. The van der Waals surface area contributed by atoms with E-state index < -0.39 is 5.41 Å². The number of carbonyl (C=O) groups excluding carboxylic acids is 2. The highest BCUT2D eigenvalue weighted by molar-refractivity contribution is 9.10. The lowest BCUT2D eigenvalue weighted by molar-refractivity contribution is -0.143. The first-order valence-corrected chi connectivity index (χ1v) is 8.27. The van der Waals surface area contributed by atoms with Crippen molar-refractivity contribution in [3.05, 3.63) is 28.7 Å². The number of amides is 2. The Labute approximate surface area is 133 Å². The molecule has 1 aliphatic carbocycles. The van der Waals surface area contributed by atoms with Gasteiger partial charge in [-0.25, -0.2) is 0 Å². The summed E-state index contributed by atoms with van der Waals surface area (Å²) >= 11 is 3.38. The van der Waals surface area contributed by atoms with Crippen LogP contribution in [0.4, 0.5) is 5.69 Å². The summed E-state index contributed by atoms with van der Waals surface area (Å²) in [5.74, 6) is -0.133. The average Bonchev–Trinajstić information content (AvgIpc) is 3.29. The second-order valence-corrected chi connectivity index (χ2v) is 6.82. The summed E-state index contributed by atoms with van der Waals surface area (Å²) in [6, 6.07) is 7.45. The number of nitrogens with zero attached hydrogens (tertiary/aromatic N) is 1. The van der Waals surface area contributed by atoms with Gasteiger partial charge in [0.2, 0.25) is 11.8 Å². The van der Waals surface area contributed by atoms with Crippen LogP contribution in [0.3, 0.4) is 0 Å². The van der Waals surface area contributed by atoms with Crippen LogP contribution in [0.1, 0.15) is 32.1 Å². The zero-order valence-electron chi connectivity index (χ0n) is 11.9. The summed E-state index contributed by atoms with van der Waals surface area (Å²) in [6.07, 6.45) is 4.62. The summed E-state index contributed by atoms with van der Waals surface area (Å²) in [5, 5.41) is 2.89. The molecule has 1 N–H and O–H groups in total. The van der Waals surface area contributed by atoms with E-state index in [1.54, 1.807) is 0 Å². The second-order valence-electron chi connectivity index (χ2n) is 5.90. The van der Waals surface area contributed by atoms with E-state index in [4.69, 9.17) is 0 Å². The molecule has 1 aliphatic heterocycles. The van der Waals surface area contributed by atoms with Crippen LogP contribution in [0.15, 0.2) is 28.7 Å². The third kappa shape index (κ3) is 2.98. The van der Waals surface area contributed by atoms with E-state index in [9.17, 15) is 9.59 Å². The summed E-state index contributed by atoms with van der Waals surface area (Å²) < 4.78 is 0.910. The molecule has 0 radical (unpaired) electrons. The third-order valence-electron chi connectivity index (χ3n) is 4.32. The molecule has 0 aromatic heterocycles. The molecule has 2 amide bonds. The van der Waals surface area contributed by atoms with Crippen LogP contribution in [-0.2, 0) is 9.59 Å². The molecule has 112 valence electrons. The molecule has 2 aliphatic rings. The van der Waals surface area contributed by atoms with E-state index in [0.717, 1.165) is 36.1 Å². The van der Waals surface area contributed by atoms with Crippen molar-refractivity contribution in [1.29, 1.82) is 0 Å². The van der Waals surface area contributed by atoms with Crippen molar-refractivity contribution in [2.75, 3.05) is 18.4 Å². The minimum Gasteiger partial charge on any atom is -0.342 e. The van der Waals surface area contributed by atoms with Crippen LogP contribution in [0, 0.1) is 5.41 Å². The van der Waals surface area contributed by atoms with Crippen LogP contribution in [-0.4, -0.2) is 29.8 Å². The van der Waals surface area contributed by atoms with Gasteiger partial charge in [-0.2, -0.15) is 0 Å². The first-order chi connectivity index (χ1) is 10.1. The van der Waals surface area contributed by atoms with Gasteiger partial charge in [-0.3, -0.25) is 9.59 Å². The van der Waals surface area contributed by atoms with E-state index in [-0.39, 0.29) is 11.8 Å². The predicted molar refractivity (Wildman–Crippen MR) is 84.9 cm³/mol. The molecule has 5 heteroatoms. The van der Waals surface area contributed by atoms with Crippen LogP contribution < -0.4 is 5.32 Å². The van der Waals surface area contributed by atoms with Gasteiger partial charge in [0.25, 0.3) is 0 Å². The molecule has 1 saturated heterocycles. The van der Waals surface area contributed by atoms with Gasteiger partial charge >= 0.3 is 0 Å². The van der Waals surface area contributed by atoms with E-state index in [2.05, 4.69) is 21.2 Å². The Bertz CT molecular complexity index is 563. The fraction of sp³-hybridized carbons (Fsp3) is 0.500. The highest BCUT2D eigenvalue weighted by Gasteiger charge is 2.58.